The summed E-state index contributed by atoms with van der Waals surface area (Å²) < 4.78 is 5.45. The van der Waals surface area contributed by atoms with Gasteiger partial charge in [-0.1, -0.05) is 26.7 Å². The number of amides is 1. The Labute approximate surface area is 135 Å². The second-order valence-electron chi connectivity index (χ2n) is 6.63. The predicted octanol–water partition coefficient (Wildman–Crippen LogP) is 1.24. The lowest BCUT2D eigenvalue weighted by molar-refractivity contribution is -0.131. The van der Waals surface area contributed by atoms with Crippen LogP contribution in [0.4, 0.5) is 0 Å². The summed E-state index contributed by atoms with van der Waals surface area (Å²) in [7, 11) is 0. The fourth-order valence-electron chi connectivity index (χ4n) is 3.72. The minimum Gasteiger partial charge on any atom is -0.379 e. The molecule has 5 nitrogen and oxygen atoms in total. The van der Waals surface area contributed by atoms with E-state index >= 15 is 0 Å². The lowest BCUT2D eigenvalue weighted by atomic mass is 9.91. The molecule has 2 fully saturated rings. The van der Waals surface area contributed by atoms with Gasteiger partial charge in [-0.25, -0.2) is 0 Å². The first kappa shape index (κ1) is 17.7. The van der Waals surface area contributed by atoms with Crippen LogP contribution in [0.15, 0.2) is 0 Å². The van der Waals surface area contributed by atoms with Crippen molar-refractivity contribution in [3.05, 3.63) is 0 Å². The Morgan fingerprint density at radius 1 is 1.32 bits per heavy atom. The Morgan fingerprint density at radius 2 is 2.05 bits per heavy atom. The van der Waals surface area contributed by atoms with E-state index in [1.54, 1.807) is 0 Å². The normalized spacial score (nSPS) is 25.1. The lowest BCUT2D eigenvalue weighted by Gasteiger charge is -2.38. The molecule has 0 radical (unpaired) electrons. The number of hydrogen-bond acceptors (Lipinski definition) is 4. The second kappa shape index (κ2) is 9.48. The Balaban J connectivity index is 1.91. The van der Waals surface area contributed by atoms with Gasteiger partial charge in [0.2, 0.25) is 5.91 Å². The molecular formula is C17H33N3O2. The van der Waals surface area contributed by atoms with Crippen LogP contribution < -0.4 is 10.6 Å². The fourth-order valence-corrected chi connectivity index (χ4v) is 3.72. The lowest BCUT2D eigenvalue weighted by Crippen LogP contribution is -2.55. The SMILES string of the molecule is CCC(CC)C(C(=O)NCC1CCCNC1)N1CCOCC1. The summed E-state index contributed by atoms with van der Waals surface area (Å²) >= 11 is 0. The van der Waals surface area contributed by atoms with Crippen LogP contribution in [0.5, 0.6) is 0 Å². The van der Waals surface area contributed by atoms with Crippen LogP contribution >= 0.6 is 0 Å². The number of rotatable bonds is 7. The summed E-state index contributed by atoms with van der Waals surface area (Å²) in [4.78, 5) is 15.2. The van der Waals surface area contributed by atoms with E-state index in [0.717, 1.165) is 58.8 Å². The molecule has 2 N–H and O–H groups in total. The molecule has 0 aromatic rings. The molecule has 2 heterocycles. The van der Waals surface area contributed by atoms with Crippen LogP contribution in [0, 0.1) is 11.8 Å². The van der Waals surface area contributed by atoms with Gasteiger partial charge in [-0.15, -0.1) is 0 Å². The van der Waals surface area contributed by atoms with E-state index in [9.17, 15) is 4.79 Å². The maximum Gasteiger partial charge on any atom is 0.237 e. The Hall–Kier alpha value is -0.650. The largest absolute Gasteiger partial charge is 0.379 e. The van der Waals surface area contributed by atoms with E-state index in [4.69, 9.17) is 4.74 Å². The quantitative estimate of drug-likeness (QED) is 0.743. The van der Waals surface area contributed by atoms with Gasteiger partial charge in [0.15, 0.2) is 0 Å². The Morgan fingerprint density at radius 3 is 2.64 bits per heavy atom. The molecule has 22 heavy (non-hydrogen) atoms. The van der Waals surface area contributed by atoms with Crippen molar-refractivity contribution in [2.24, 2.45) is 11.8 Å². The molecule has 2 unspecified atom stereocenters. The molecule has 2 aliphatic heterocycles. The third-order valence-electron chi connectivity index (χ3n) is 5.17. The van der Waals surface area contributed by atoms with Crippen molar-refractivity contribution in [3.8, 4) is 0 Å². The van der Waals surface area contributed by atoms with E-state index in [2.05, 4.69) is 29.4 Å². The molecule has 5 heteroatoms. The highest BCUT2D eigenvalue weighted by molar-refractivity contribution is 5.82. The monoisotopic (exact) mass is 311 g/mol. The van der Waals surface area contributed by atoms with E-state index in [0.29, 0.717) is 11.8 Å². The highest BCUT2D eigenvalue weighted by Gasteiger charge is 2.33. The highest BCUT2D eigenvalue weighted by Crippen LogP contribution is 2.20. The van der Waals surface area contributed by atoms with Crippen molar-refractivity contribution in [2.75, 3.05) is 45.9 Å². The topological polar surface area (TPSA) is 53.6 Å². The zero-order valence-electron chi connectivity index (χ0n) is 14.3. The molecule has 2 atom stereocenters. The molecule has 0 aromatic carbocycles. The van der Waals surface area contributed by atoms with Gasteiger partial charge in [-0.05, 0) is 37.8 Å². The molecule has 2 saturated heterocycles. The van der Waals surface area contributed by atoms with Crippen molar-refractivity contribution in [3.63, 3.8) is 0 Å². The molecule has 1 amide bonds. The van der Waals surface area contributed by atoms with Gasteiger partial charge in [-0.2, -0.15) is 0 Å². The van der Waals surface area contributed by atoms with Crippen LogP contribution in [-0.4, -0.2) is 62.8 Å². The van der Waals surface area contributed by atoms with Gasteiger partial charge < -0.3 is 15.4 Å². The molecule has 2 aliphatic rings. The number of nitrogens with zero attached hydrogens (tertiary/aromatic N) is 1. The summed E-state index contributed by atoms with van der Waals surface area (Å²) in [5.74, 6) is 1.24. The maximum atomic E-state index is 12.8. The van der Waals surface area contributed by atoms with Crippen LogP contribution in [0.25, 0.3) is 0 Å². The Kier molecular flexibility index (Phi) is 7.63. The number of hydrogen-bond donors (Lipinski definition) is 2. The highest BCUT2D eigenvalue weighted by atomic mass is 16.5. The molecule has 2 rings (SSSR count). The van der Waals surface area contributed by atoms with Gasteiger partial charge in [0.05, 0.1) is 19.3 Å². The molecule has 128 valence electrons. The minimum absolute atomic E-state index is 0.00968. The van der Waals surface area contributed by atoms with Crippen LogP contribution in [0.2, 0.25) is 0 Å². The van der Waals surface area contributed by atoms with E-state index in [-0.39, 0.29) is 11.9 Å². The van der Waals surface area contributed by atoms with E-state index in [1.807, 2.05) is 0 Å². The molecule has 0 spiro atoms. The zero-order chi connectivity index (χ0) is 15.8. The minimum atomic E-state index is 0.00968. The van der Waals surface area contributed by atoms with Gasteiger partial charge in [0, 0.05) is 19.6 Å². The number of piperidine rings is 1. The fraction of sp³-hybridized carbons (Fsp3) is 0.941. The molecule has 0 aromatic heterocycles. The third kappa shape index (κ3) is 4.93. The predicted molar refractivity (Wildman–Crippen MR) is 88.9 cm³/mol. The summed E-state index contributed by atoms with van der Waals surface area (Å²) in [6.45, 7) is 10.6. The number of carbonyl (C=O) groups is 1. The van der Waals surface area contributed by atoms with Gasteiger partial charge >= 0.3 is 0 Å². The smallest absolute Gasteiger partial charge is 0.237 e. The summed E-state index contributed by atoms with van der Waals surface area (Å²) in [6.07, 6.45) is 4.55. The number of nitrogens with one attached hydrogen (secondary N) is 2. The first-order chi connectivity index (χ1) is 10.8. The van der Waals surface area contributed by atoms with Crippen LogP contribution in [0.1, 0.15) is 39.5 Å². The average Bonchev–Trinajstić information content (AvgIpc) is 2.59. The summed E-state index contributed by atoms with van der Waals surface area (Å²) in [5, 5.41) is 6.66. The van der Waals surface area contributed by atoms with Gasteiger partial charge in [0.1, 0.15) is 0 Å². The molecule has 0 saturated carbocycles. The number of carbonyl (C=O) groups excluding carboxylic acids is 1. The van der Waals surface area contributed by atoms with Gasteiger partial charge in [-0.3, -0.25) is 9.69 Å². The third-order valence-corrected chi connectivity index (χ3v) is 5.17. The molecule has 0 aliphatic carbocycles. The summed E-state index contributed by atoms with van der Waals surface area (Å²) in [5.41, 5.74) is 0. The van der Waals surface area contributed by atoms with Crippen molar-refractivity contribution < 1.29 is 9.53 Å². The standard InChI is InChI=1S/C17H33N3O2/c1-3-15(4-2)16(20-8-10-22-11-9-20)17(21)19-13-14-6-5-7-18-12-14/h14-16,18H,3-13H2,1-2H3,(H,19,21). The van der Waals surface area contributed by atoms with Crippen molar-refractivity contribution in [2.45, 2.75) is 45.6 Å². The zero-order valence-corrected chi connectivity index (χ0v) is 14.3. The van der Waals surface area contributed by atoms with Crippen molar-refractivity contribution in [1.29, 1.82) is 0 Å². The summed E-state index contributed by atoms with van der Waals surface area (Å²) in [6, 6.07) is 0.00968. The van der Waals surface area contributed by atoms with Gasteiger partial charge in [0.25, 0.3) is 0 Å². The Bertz CT molecular complexity index is 322. The van der Waals surface area contributed by atoms with E-state index < -0.39 is 0 Å². The van der Waals surface area contributed by atoms with Crippen LogP contribution in [-0.2, 0) is 9.53 Å². The first-order valence-electron chi connectivity index (χ1n) is 9.06. The van der Waals surface area contributed by atoms with Crippen molar-refractivity contribution in [1.82, 2.24) is 15.5 Å². The second-order valence-corrected chi connectivity index (χ2v) is 6.63. The average molecular weight is 311 g/mol. The molecular weight excluding hydrogens is 278 g/mol. The number of ether oxygens (including phenoxy) is 1. The van der Waals surface area contributed by atoms with E-state index in [1.165, 1.54) is 12.8 Å². The van der Waals surface area contributed by atoms with Crippen molar-refractivity contribution >= 4 is 5.91 Å². The molecule has 0 bridgehead atoms. The first-order valence-corrected chi connectivity index (χ1v) is 9.06. The maximum absolute atomic E-state index is 12.8. The van der Waals surface area contributed by atoms with Crippen LogP contribution in [0.3, 0.4) is 0 Å². The number of morpholine rings is 1.